The Kier molecular flexibility index (Phi) is 4.28. The molecule has 1 aromatic rings. The minimum atomic E-state index is -2.22. The Bertz CT molecular complexity index is 651. The molecule has 0 heterocycles. The van der Waals surface area contributed by atoms with Gasteiger partial charge in [0.15, 0.2) is 11.8 Å². The summed E-state index contributed by atoms with van der Waals surface area (Å²) >= 11 is 0. The fraction of sp³-hybridized carbons (Fsp3) is 0.333. The topological polar surface area (TPSA) is 149 Å². The molecular formula is C15H13FO8. The second-order valence-corrected chi connectivity index (χ2v) is 5.64. The summed E-state index contributed by atoms with van der Waals surface area (Å²) in [5.74, 6) is -13.2. The van der Waals surface area contributed by atoms with Crippen molar-refractivity contribution in [2.45, 2.75) is 12.3 Å². The van der Waals surface area contributed by atoms with Crippen molar-refractivity contribution in [3.05, 3.63) is 35.6 Å². The van der Waals surface area contributed by atoms with Crippen molar-refractivity contribution in [1.82, 2.24) is 0 Å². The lowest BCUT2D eigenvalue weighted by molar-refractivity contribution is -0.166. The van der Waals surface area contributed by atoms with E-state index in [0.717, 1.165) is 12.1 Å². The van der Waals surface area contributed by atoms with E-state index in [1.54, 1.807) is 0 Å². The smallest absolute Gasteiger partial charge is 0.318 e. The average Bonchev–Trinajstić information content (AvgIpc) is 3.12. The number of carboxylic acid groups (broad SMARTS) is 4. The molecule has 24 heavy (non-hydrogen) atoms. The van der Waals surface area contributed by atoms with Gasteiger partial charge in [0.1, 0.15) is 5.82 Å². The molecule has 1 saturated carbocycles. The Balaban J connectivity index is 2.58. The Morgan fingerprint density at radius 2 is 1.25 bits per heavy atom. The van der Waals surface area contributed by atoms with Gasteiger partial charge in [0.2, 0.25) is 0 Å². The number of benzene rings is 1. The van der Waals surface area contributed by atoms with E-state index in [0.29, 0.717) is 0 Å². The van der Waals surface area contributed by atoms with E-state index in [1.165, 1.54) is 12.1 Å². The maximum Gasteiger partial charge on any atom is 0.318 e. The Morgan fingerprint density at radius 3 is 1.58 bits per heavy atom. The third-order valence-electron chi connectivity index (χ3n) is 4.38. The second-order valence-electron chi connectivity index (χ2n) is 5.64. The van der Waals surface area contributed by atoms with Crippen LogP contribution in [0.15, 0.2) is 24.3 Å². The van der Waals surface area contributed by atoms with E-state index in [-0.39, 0.29) is 12.0 Å². The molecule has 1 unspecified atom stereocenters. The summed E-state index contributed by atoms with van der Waals surface area (Å²) < 4.78 is 13.0. The molecule has 9 heteroatoms. The molecule has 0 amide bonds. The summed E-state index contributed by atoms with van der Waals surface area (Å²) in [4.78, 5) is 45.5. The van der Waals surface area contributed by atoms with Crippen LogP contribution in [-0.4, -0.2) is 44.3 Å². The molecule has 8 nitrogen and oxygen atoms in total. The third-order valence-corrected chi connectivity index (χ3v) is 4.38. The van der Waals surface area contributed by atoms with Gasteiger partial charge in [-0.1, -0.05) is 12.1 Å². The minimum absolute atomic E-state index is 0.259. The zero-order chi connectivity index (χ0) is 18.2. The molecule has 0 aromatic heterocycles. The summed E-state index contributed by atoms with van der Waals surface area (Å²) in [5, 5.41) is 36.9. The maximum atomic E-state index is 13.0. The zero-order valence-electron chi connectivity index (χ0n) is 12.0. The van der Waals surface area contributed by atoms with Gasteiger partial charge in [-0.05, 0) is 30.0 Å². The van der Waals surface area contributed by atoms with Crippen LogP contribution in [0.2, 0.25) is 0 Å². The lowest BCUT2D eigenvalue weighted by atomic mass is 9.75. The first-order chi connectivity index (χ1) is 11.1. The number of rotatable bonds is 7. The molecule has 0 radical (unpaired) electrons. The summed E-state index contributed by atoms with van der Waals surface area (Å²) in [6.07, 6.45) is -0.259. The van der Waals surface area contributed by atoms with Gasteiger partial charge in [-0.2, -0.15) is 0 Å². The molecule has 0 bridgehead atoms. The second kappa shape index (κ2) is 5.91. The number of aliphatic carboxylic acids is 4. The number of halogens is 1. The first kappa shape index (κ1) is 17.4. The highest BCUT2D eigenvalue weighted by molar-refractivity contribution is 6.00. The quantitative estimate of drug-likeness (QED) is 0.534. The first-order valence-electron chi connectivity index (χ1n) is 6.79. The van der Waals surface area contributed by atoms with E-state index < -0.39 is 52.9 Å². The van der Waals surface area contributed by atoms with Crippen LogP contribution in [0.25, 0.3) is 0 Å². The summed E-state index contributed by atoms with van der Waals surface area (Å²) in [5.41, 5.74) is -1.75. The van der Waals surface area contributed by atoms with E-state index in [9.17, 15) is 44.0 Å². The van der Waals surface area contributed by atoms with Gasteiger partial charge in [-0.25, -0.2) is 4.39 Å². The van der Waals surface area contributed by atoms with Crippen molar-refractivity contribution in [2.24, 2.45) is 17.3 Å². The third kappa shape index (κ3) is 2.68. The first-order valence-corrected chi connectivity index (χ1v) is 6.79. The lowest BCUT2D eigenvalue weighted by Gasteiger charge is -2.25. The molecule has 128 valence electrons. The van der Waals surface area contributed by atoms with Gasteiger partial charge in [0, 0.05) is 5.41 Å². The fourth-order valence-corrected chi connectivity index (χ4v) is 3.35. The molecule has 0 saturated heterocycles. The number of carbonyl (C=O) groups is 4. The Hall–Kier alpha value is -2.97. The molecule has 1 atom stereocenters. The number of hydrogen-bond donors (Lipinski definition) is 4. The normalized spacial score (nSPS) is 18.4. The van der Waals surface area contributed by atoms with Crippen molar-refractivity contribution >= 4 is 23.9 Å². The van der Waals surface area contributed by atoms with Gasteiger partial charge in [-0.3, -0.25) is 19.2 Å². The van der Waals surface area contributed by atoms with E-state index >= 15 is 0 Å². The molecule has 1 aliphatic carbocycles. The van der Waals surface area contributed by atoms with Crippen molar-refractivity contribution in [2.75, 3.05) is 0 Å². The van der Waals surface area contributed by atoms with Gasteiger partial charge in [-0.15, -0.1) is 0 Å². The summed E-state index contributed by atoms with van der Waals surface area (Å²) in [6.45, 7) is 0. The average molecular weight is 340 g/mol. The molecule has 0 aliphatic heterocycles. The molecule has 1 aromatic carbocycles. The molecule has 1 fully saturated rings. The van der Waals surface area contributed by atoms with Gasteiger partial charge in [0.05, 0.1) is 0 Å². The van der Waals surface area contributed by atoms with Crippen LogP contribution in [0.1, 0.15) is 17.9 Å². The predicted octanol–water partition coefficient (Wildman–Crippen LogP) is 0.870. The highest BCUT2D eigenvalue weighted by atomic mass is 19.1. The Labute approximate surface area is 134 Å². The van der Waals surface area contributed by atoms with Crippen molar-refractivity contribution in [3.63, 3.8) is 0 Å². The highest BCUT2D eigenvalue weighted by Gasteiger charge is 2.72. The van der Waals surface area contributed by atoms with Crippen molar-refractivity contribution in [1.29, 1.82) is 0 Å². The SMILES string of the molecule is O=C(O)C(C(=O)O)C1(C(C(=O)O)C(=O)O)CC1c1ccc(F)cc1. The van der Waals surface area contributed by atoms with Crippen LogP contribution in [0.3, 0.4) is 0 Å². The predicted molar refractivity (Wildman–Crippen MR) is 73.7 cm³/mol. The molecule has 4 N–H and O–H groups in total. The van der Waals surface area contributed by atoms with Gasteiger partial charge in [0.25, 0.3) is 0 Å². The van der Waals surface area contributed by atoms with Crippen LogP contribution in [0, 0.1) is 23.1 Å². The van der Waals surface area contributed by atoms with Crippen LogP contribution in [0.4, 0.5) is 4.39 Å². The standard InChI is InChI=1S/C15H13FO8/c16-7-3-1-6(2-4-7)8-5-15(8,9(11(17)18)12(19)20)10(13(21)22)14(23)24/h1-4,8-10H,5H2,(H,17,18)(H,19,20)(H,21,22)(H,23,24). The molecular weight excluding hydrogens is 327 g/mol. The molecule has 2 rings (SSSR count). The van der Waals surface area contributed by atoms with E-state index in [2.05, 4.69) is 0 Å². The van der Waals surface area contributed by atoms with Crippen LogP contribution in [-0.2, 0) is 19.2 Å². The highest BCUT2D eigenvalue weighted by Crippen LogP contribution is 2.68. The molecule has 0 spiro atoms. The monoisotopic (exact) mass is 340 g/mol. The minimum Gasteiger partial charge on any atom is -0.481 e. The maximum absolute atomic E-state index is 13.0. The van der Waals surface area contributed by atoms with Crippen molar-refractivity contribution < 1.29 is 44.0 Å². The van der Waals surface area contributed by atoms with Crippen LogP contribution in [0.5, 0.6) is 0 Å². The van der Waals surface area contributed by atoms with Crippen molar-refractivity contribution in [3.8, 4) is 0 Å². The Morgan fingerprint density at radius 1 is 0.875 bits per heavy atom. The number of carboxylic acids is 4. The largest absolute Gasteiger partial charge is 0.481 e. The van der Waals surface area contributed by atoms with Gasteiger partial charge < -0.3 is 20.4 Å². The summed E-state index contributed by atoms with van der Waals surface area (Å²) in [7, 11) is 0. The summed E-state index contributed by atoms with van der Waals surface area (Å²) in [6, 6.07) is 4.60. The molecule has 1 aliphatic rings. The van der Waals surface area contributed by atoms with E-state index in [4.69, 9.17) is 0 Å². The van der Waals surface area contributed by atoms with Crippen LogP contribution >= 0.6 is 0 Å². The van der Waals surface area contributed by atoms with E-state index in [1.807, 2.05) is 0 Å². The van der Waals surface area contributed by atoms with Crippen LogP contribution < -0.4 is 0 Å². The fourth-order valence-electron chi connectivity index (χ4n) is 3.35. The lowest BCUT2D eigenvalue weighted by Crippen LogP contribution is -2.44. The van der Waals surface area contributed by atoms with Gasteiger partial charge >= 0.3 is 23.9 Å². The zero-order valence-corrected chi connectivity index (χ0v) is 12.0. The number of hydrogen-bond acceptors (Lipinski definition) is 4.